The van der Waals surface area contributed by atoms with Crippen molar-refractivity contribution in [2.45, 2.75) is 91.7 Å². The van der Waals surface area contributed by atoms with E-state index in [0.29, 0.717) is 18.4 Å². The van der Waals surface area contributed by atoms with E-state index in [4.69, 9.17) is 4.74 Å². The second-order valence-corrected chi connectivity index (χ2v) is 11.0. The number of carbonyl (C=O) groups is 2. The standard InChI is InChI=1S/C21H27FN2O.C7H15NO2/c1-13(2)20-19-16(17-12-15(22)8-9-18(17)23-19)10-11-24(20)21(25)14-6-4-3-5-7-14;1-5-8-6(9)10-7(2,3)4/h8-9,12-14,20,23H,3-7,10-11H2,1-2H3;5H2,1-4H3,(H,8,9). The van der Waals surface area contributed by atoms with Gasteiger partial charge in [0.15, 0.2) is 0 Å². The molecule has 2 N–H and O–H groups in total. The van der Waals surface area contributed by atoms with E-state index in [2.05, 4.69) is 29.0 Å². The number of amides is 2. The molecule has 1 atom stereocenters. The van der Waals surface area contributed by atoms with E-state index in [0.717, 1.165) is 42.4 Å². The number of aromatic nitrogens is 1. The van der Waals surface area contributed by atoms with Crippen molar-refractivity contribution in [2.24, 2.45) is 11.8 Å². The number of H-pyrrole nitrogens is 1. The molecule has 2 amide bonds. The SMILES string of the molecule is CC(C)C1c2[nH]c3ccc(F)cc3c2CCN1C(=O)C1CCCCC1.CCNC(=O)OC(C)(C)C. The monoisotopic (exact) mass is 487 g/mol. The number of hydrogen-bond donors (Lipinski definition) is 2. The number of rotatable bonds is 3. The van der Waals surface area contributed by atoms with Crippen molar-refractivity contribution in [1.29, 1.82) is 0 Å². The Bertz CT molecular complexity index is 1020. The smallest absolute Gasteiger partial charge is 0.407 e. The molecule has 1 aromatic carbocycles. The molecule has 1 aromatic heterocycles. The van der Waals surface area contributed by atoms with Gasteiger partial charge in [-0.3, -0.25) is 4.79 Å². The van der Waals surface area contributed by atoms with Crippen molar-refractivity contribution in [3.8, 4) is 0 Å². The van der Waals surface area contributed by atoms with Crippen molar-refractivity contribution in [3.63, 3.8) is 0 Å². The summed E-state index contributed by atoms with van der Waals surface area (Å²) in [4.78, 5) is 29.5. The van der Waals surface area contributed by atoms with Crippen molar-refractivity contribution in [3.05, 3.63) is 35.3 Å². The number of nitrogens with zero attached hydrogens (tertiary/aromatic N) is 1. The predicted molar refractivity (Wildman–Crippen MR) is 138 cm³/mol. The van der Waals surface area contributed by atoms with Crippen LogP contribution in [0.4, 0.5) is 9.18 Å². The van der Waals surface area contributed by atoms with Gasteiger partial charge in [0, 0.05) is 35.6 Å². The van der Waals surface area contributed by atoms with Gasteiger partial charge >= 0.3 is 6.09 Å². The average Bonchev–Trinajstić information content (AvgIpc) is 3.15. The summed E-state index contributed by atoms with van der Waals surface area (Å²) >= 11 is 0. The molecule has 1 fully saturated rings. The number of hydrogen-bond acceptors (Lipinski definition) is 3. The molecule has 1 unspecified atom stereocenters. The molecule has 2 aromatic rings. The topological polar surface area (TPSA) is 74.4 Å². The summed E-state index contributed by atoms with van der Waals surface area (Å²) in [6.07, 6.45) is 6.13. The van der Waals surface area contributed by atoms with Crippen LogP contribution in [0.15, 0.2) is 18.2 Å². The molecule has 1 saturated carbocycles. The van der Waals surface area contributed by atoms with E-state index in [-0.39, 0.29) is 29.5 Å². The van der Waals surface area contributed by atoms with Crippen LogP contribution >= 0.6 is 0 Å². The molecule has 4 rings (SSSR count). The summed E-state index contributed by atoms with van der Waals surface area (Å²) < 4.78 is 18.6. The van der Waals surface area contributed by atoms with E-state index >= 15 is 0 Å². The highest BCUT2D eigenvalue weighted by Crippen LogP contribution is 2.40. The van der Waals surface area contributed by atoms with Crippen molar-refractivity contribution in [1.82, 2.24) is 15.2 Å². The van der Waals surface area contributed by atoms with Crippen molar-refractivity contribution in [2.75, 3.05) is 13.1 Å². The minimum Gasteiger partial charge on any atom is -0.444 e. The third-order valence-corrected chi connectivity index (χ3v) is 6.72. The van der Waals surface area contributed by atoms with Crippen LogP contribution in [0.25, 0.3) is 10.9 Å². The summed E-state index contributed by atoms with van der Waals surface area (Å²) in [6.45, 7) is 13.1. The fraction of sp³-hybridized carbons (Fsp3) is 0.643. The summed E-state index contributed by atoms with van der Waals surface area (Å²) in [5.74, 6) is 0.646. The van der Waals surface area contributed by atoms with Crippen LogP contribution in [-0.2, 0) is 16.0 Å². The highest BCUT2D eigenvalue weighted by Gasteiger charge is 2.37. The molecular formula is C28H42FN3O3. The maximum Gasteiger partial charge on any atom is 0.407 e. The lowest BCUT2D eigenvalue weighted by molar-refractivity contribution is -0.140. The molecule has 1 aliphatic heterocycles. The van der Waals surface area contributed by atoms with Crippen LogP contribution in [0.3, 0.4) is 0 Å². The first-order valence-corrected chi connectivity index (χ1v) is 13.1. The molecule has 2 aliphatic rings. The quantitative estimate of drug-likeness (QED) is 0.519. The molecule has 35 heavy (non-hydrogen) atoms. The van der Waals surface area contributed by atoms with E-state index in [9.17, 15) is 14.0 Å². The van der Waals surface area contributed by atoms with Gasteiger partial charge in [-0.15, -0.1) is 0 Å². The van der Waals surface area contributed by atoms with Gasteiger partial charge in [-0.2, -0.15) is 0 Å². The molecule has 7 heteroatoms. The summed E-state index contributed by atoms with van der Waals surface area (Å²) in [7, 11) is 0. The lowest BCUT2D eigenvalue weighted by Crippen LogP contribution is -2.45. The first-order chi connectivity index (χ1) is 16.5. The largest absolute Gasteiger partial charge is 0.444 e. The van der Waals surface area contributed by atoms with Gasteiger partial charge in [-0.25, -0.2) is 9.18 Å². The Morgan fingerprint density at radius 3 is 2.49 bits per heavy atom. The second kappa shape index (κ2) is 11.4. The van der Waals surface area contributed by atoms with Gasteiger partial charge in [0.1, 0.15) is 11.4 Å². The molecule has 0 radical (unpaired) electrons. The van der Waals surface area contributed by atoms with Gasteiger partial charge in [0.05, 0.1) is 6.04 Å². The third kappa shape index (κ3) is 6.77. The van der Waals surface area contributed by atoms with E-state index in [1.807, 2.05) is 33.8 Å². The number of nitrogens with one attached hydrogen (secondary N) is 2. The fourth-order valence-corrected chi connectivity index (χ4v) is 5.27. The normalized spacial score (nSPS) is 18.6. The number of ether oxygens (including phenoxy) is 1. The Morgan fingerprint density at radius 1 is 1.20 bits per heavy atom. The van der Waals surface area contributed by atoms with Crippen LogP contribution in [0.5, 0.6) is 0 Å². The number of aromatic amines is 1. The van der Waals surface area contributed by atoms with Gasteiger partial charge < -0.3 is 19.9 Å². The van der Waals surface area contributed by atoms with E-state index in [1.165, 1.54) is 30.9 Å². The number of alkyl carbamates (subject to hydrolysis) is 1. The number of carbonyl (C=O) groups excluding carboxylic acids is 2. The van der Waals surface area contributed by atoms with Crippen molar-refractivity contribution < 1.29 is 18.7 Å². The Labute approximate surface area is 209 Å². The fourth-order valence-electron chi connectivity index (χ4n) is 5.27. The maximum atomic E-state index is 13.7. The minimum atomic E-state index is -0.390. The molecule has 194 valence electrons. The Balaban J connectivity index is 0.000000292. The van der Waals surface area contributed by atoms with Crippen LogP contribution in [0, 0.1) is 17.7 Å². The average molecular weight is 488 g/mol. The number of fused-ring (bicyclic) bond motifs is 3. The highest BCUT2D eigenvalue weighted by atomic mass is 19.1. The molecular weight excluding hydrogens is 445 g/mol. The van der Waals surface area contributed by atoms with E-state index < -0.39 is 0 Å². The molecule has 0 spiro atoms. The van der Waals surface area contributed by atoms with Crippen LogP contribution in [-0.4, -0.2) is 40.6 Å². The zero-order valence-electron chi connectivity index (χ0n) is 22.2. The van der Waals surface area contributed by atoms with Crippen LogP contribution < -0.4 is 5.32 Å². The highest BCUT2D eigenvalue weighted by molar-refractivity contribution is 5.86. The summed E-state index contributed by atoms with van der Waals surface area (Å²) in [6, 6.07) is 5.00. The summed E-state index contributed by atoms with van der Waals surface area (Å²) in [5, 5.41) is 3.52. The Kier molecular flexibility index (Phi) is 8.84. The summed E-state index contributed by atoms with van der Waals surface area (Å²) in [5.41, 5.74) is 2.90. The predicted octanol–water partition coefficient (Wildman–Crippen LogP) is 6.50. The third-order valence-electron chi connectivity index (χ3n) is 6.72. The minimum absolute atomic E-state index is 0.0636. The van der Waals surface area contributed by atoms with Gasteiger partial charge in [-0.1, -0.05) is 33.1 Å². The van der Waals surface area contributed by atoms with Gasteiger partial charge in [-0.05, 0) is 76.6 Å². The lowest BCUT2D eigenvalue weighted by atomic mass is 9.85. The van der Waals surface area contributed by atoms with Gasteiger partial charge in [0.25, 0.3) is 0 Å². The Morgan fingerprint density at radius 2 is 1.89 bits per heavy atom. The molecule has 6 nitrogen and oxygen atoms in total. The first-order valence-electron chi connectivity index (χ1n) is 13.1. The molecule has 2 heterocycles. The van der Waals surface area contributed by atoms with Gasteiger partial charge in [0.2, 0.25) is 5.91 Å². The molecule has 0 saturated heterocycles. The first kappa shape index (κ1) is 27.0. The number of halogens is 1. The van der Waals surface area contributed by atoms with Crippen molar-refractivity contribution >= 4 is 22.9 Å². The Hall–Kier alpha value is -2.57. The maximum absolute atomic E-state index is 13.7. The zero-order valence-corrected chi connectivity index (χ0v) is 22.2. The zero-order chi connectivity index (χ0) is 25.8. The van der Waals surface area contributed by atoms with E-state index in [1.54, 1.807) is 6.07 Å². The lowest BCUT2D eigenvalue weighted by Gasteiger charge is -2.40. The molecule has 1 aliphatic carbocycles. The van der Waals surface area contributed by atoms with Crippen LogP contribution in [0.2, 0.25) is 0 Å². The molecule has 0 bridgehead atoms. The van der Waals surface area contributed by atoms with Crippen LogP contribution in [0.1, 0.15) is 90.9 Å². The number of benzene rings is 1. The second-order valence-electron chi connectivity index (χ2n) is 11.0.